The number of likely N-dealkylation sites (N-methyl/N-ethyl adjacent to an activating group) is 2. The first-order valence-corrected chi connectivity index (χ1v) is 25.4. The molecule has 1 saturated carbocycles. The van der Waals surface area contributed by atoms with Crippen molar-refractivity contribution in [1.29, 1.82) is 0 Å². The average molecular weight is 1020 g/mol. The van der Waals surface area contributed by atoms with Gasteiger partial charge in [0, 0.05) is 61.5 Å². The van der Waals surface area contributed by atoms with Crippen molar-refractivity contribution in [2.45, 2.75) is 112 Å². The zero-order chi connectivity index (χ0) is 50.4. The van der Waals surface area contributed by atoms with E-state index in [-0.39, 0.29) is 15.3 Å². The molecule has 3 fully saturated rings. The molecular formula is C51H65F7N10S2. The number of fused-ring (bicyclic) bond motifs is 1. The van der Waals surface area contributed by atoms with Crippen LogP contribution in [0.4, 0.5) is 53.7 Å². The second-order valence-electron chi connectivity index (χ2n) is 18.9. The van der Waals surface area contributed by atoms with Crippen LogP contribution in [0, 0.1) is 29.2 Å². The van der Waals surface area contributed by atoms with Crippen molar-refractivity contribution in [2.24, 2.45) is 5.92 Å². The van der Waals surface area contributed by atoms with Gasteiger partial charge in [0.05, 0.1) is 5.56 Å². The molecule has 70 heavy (non-hydrogen) atoms. The number of hydrogen-bond donors (Lipinski definition) is 2. The molecule has 380 valence electrons. The quantitative estimate of drug-likeness (QED) is 0.103. The molecule has 9 rings (SSSR count). The lowest BCUT2D eigenvalue weighted by molar-refractivity contribution is -0.137. The molecule has 2 aliphatic heterocycles. The van der Waals surface area contributed by atoms with Gasteiger partial charge in [0.25, 0.3) is 0 Å². The maximum absolute atomic E-state index is 14.5. The summed E-state index contributed by atoms with van der Waals surface area (Å²) in [6, 6.07) is 13.4. The number of nitrogens with zero attached hydrogens (tertiary/aromatic N) is 8. The second-order valence-corrected chi connectivity index (χ2v) is 20.6. The van der Waals surface area contributed by atoms with Gasteiger partial charge in [0.1, 0.15) is 57.4 Å². The summed E-state index contributed by atoms with van der Waals surface area (Å²) in [5.74, 6) is -0.280. The van der Waals surface area contributed by atoms with E-state index in [9.17, 15) is 30.7 Å². The van der Waals surface area contributed by atoms with Crippen molar-refractivity contribution in [3.05, 3.63) is 120 Å². The average Bonchev–Trinajstić information content (AvgIpc) is 4.03. The topological polar surface area (TPSA) is 88.6 Å². The predicted molar refractivity (Wildman–Crippen MR) is 269 cm³/mol. The molecule has 3 aromatic carbocycles. The number of nitrogens with one attached hydrogen (secondary N) is 2. The molecule has 0 amide bonds. The normalized spacial score (nSPS) is 19.1. The monoisotopic (exact) mass is 1010 g/mol. The van der Waals surface area contributed by atoms with Crippen LogP contribution in [0.1, 0.15) is 88.3 Å². The van der Waals surface area contributed by atoms with Gasteiger partial charge < -0.3 is 29.0 Å². The summed E-state index contributed by atoms with van der Waals surface area (Å²) in [4.78, 5) is 23.9. The van der Waals surface area contributed by atoms with E-state index < -0.39 is 35.0 Å². The first-order chi connectivity index (χ1) is 33.4. The Kier molecular flexibility index (Phi) is 19.9. The minimum absolute atomic E-state index is 0.00675. The summed E-state index contributed by atoms with van der Waals surface area (Å²) in [6.45, 7) is 7.65. The lowest BCUT2D eigenvalue weighted by Crippen LogP contribution is -2.54. The van der Waals surface area contributed by atoms with E-state index in [0.29, 0.717) is 29.1 Å². The SMILES string of the molecule is CC1CCCC1.CN(C)C1(C)CCCN(c2cc(F)c(SNc3ccncn3)c(F)c2)C1.CN(C)C1CCCN(c2cc(F)c(SNc3ccncn3)c(F)c2)C1.FC(F)(F)c1ccc2c(c1)CCC2. The summed E-state index contributed by atoms with van der Waals surface area (Å²) in [6.07, 6.45) is 14.5. The molecule has 2 saturated heterocycles. The number of benzene rings is 3. The highest BCUT2D eigenvalue weighted by molar-refractivity contribution is 8.00. The molecule has 0 radical (unpaired) electrons. The van der Waals surface area contributed by atoms with Crippen LogP contribution in [-0.4, -0.2) is 95.7 Å². The number of piperidine rings is 2. The highest BCUT2D eigenvalue weighted by Crippen LogP contribution is 2.36. The fourth-order valence-corrected chi connectivity index (χ4v) is 10.1. The molecule has 4 heterocycles. The molecule has 2 atom stereocenters. The number of alkyl halides is 3. The minimum Gasteiger partial charge on any atom is -0.370 e. The van der Waals surface area contributed by atoms with E-state index in [2.05, 4.69) is 57.9 Å². The minimum atomic E-state index is -4.20. The first-order valence-electron chi connectivity index (χ1n) is 23.8. The zero-order valence-corrected chi connectivity index (χ0v) is 42.4. The Bertz CT molecular complexity index is 2370. The van der Waals surface area contributed by atoms with Gasteiger partial charge in [-0.25, -0.2) is 37.5 Å². The predicted octanol–water partition coefficient (Wildman–Crippen LogP) is 12.6. The molecule has 19 heteroatoms. The van der Waals surface area contributed by atoms with Gasteiger partial charge in [0.15, 0.2) is 0 Å². The third-order valence-corrected chi connectivity index (χ3v) is 15.1. The maximum atomic E-state index is 14.5. The van der Waals surface area contributed by atoms with Crippen LogP contribution in [-0.2, 0) is 19.0 Å². The number of hydrogen-bond acceptors (Lipinski definition) is 12. The van der Waals surface area contributed by atoms with E-state index >= 15 is 0 Å². The lowest BCUT2D eigenvalue weighted by atomic mass is 9.89. The van der Waals surface area contributed by atoms with Crippen molar-refractivity contribution in [3.8, 4) is 0 Å². The number of aromatic nitrogens is 4. The molecule has 2 aliphatic carbocycles. The Labute approximate surface area is 416 Å². The fraction of sp³-hybridized carbons (Fsp3) is 0.490. The number of anilines is 4. The van der Waals surface area contributed by atoms with Crippen molar-refractivity contribution in [1.82, 2.24) is 29.7 Å². The summed E-state index contributed by atoms with van der Waals surface area (Å²) in [5.41, 5.74) is 2.59. The Morgan fingerprint density at radius 2 is 1.19 bits per heavy atom. The molecule has 5 aromatic rings. The van der Waals surface area contributed by atoms with Crippen LogP contribution in [0.3, 0.4) is 0 Å². The maximum Gasteiger partial charge on any atom is 0.416 e. The third kappa shape index (κ3) is 15.6. The molecule has 4 aliphatic rings. The van der Waals surface area contributed by atoms with Crippen LogP contribution in [0.2, 0.25) is 0 Å². The number of rotatable bonds is 10. The van der Waals surface area contributed by atoms with Crippen LogP contribution < -0.4 is 19.2 Å². The van der Waals surface area contributed by atoms with E-state index in [1.807, 2.05) is 33.1 Å². The van der Waals surface area contributed by atoms with Crippen molar-refractivity contribution in [3.63, 3.8) is 0 Å². The lowest BCUT2D eigenvalue weighted by Gasteiger charge is -2.45. The Hall–Kier alpha value is -4.85. The molecule has 10 nitrogen and oxygen atoms in total. The van der Waals surface area contributed by atoms with Crippen LogP contribution in [0.5, 0.6) is 0 Å². The van der Waals surface area contributed by atoms with Gasteiger partial charge >= 0.3 is 6.18 Å². The number of halogens is 7. The van der Waals surface area contributed by atoms with Gasteiger partial charge in [-0.2, -0.15) is 13.2 Å². The molecule has 2 unspecified atom stereocenters. The first kappa shape index (κ1) is 54.5. The van der Waals surface area contributed by atoms with Crippen LogP contribution in [0.15, 0.2) is 89.4 Å². The Balaban J connectivity index is 0.000000169. The Morgan fingerprint density at radius 1 is 0.657 bits per heavy atom. The molecule has 2 aromatic heterocycles. The van der Waals surface area contributed by atoms with Crippen molar-refractivity contribution in [2.75, 3.05) is 73.6 Å². The van der Waals surface area contributed by atoms with Crippen LogP contribution in [0.25, 0.3) is 0 Å². The van der Waals surface area contributed by atoms with E-state index in [4.69, 9.17) is 0 Å². The fourth-order valence-electron chi connectivity index (χ4n) is 8.86. The van der Waals surface area contributed by atoms with Gasteiger partial charge in [-0.15, -0.1) is 0 Å². The van der Waals surface area contributed by atoms with E-state index in [1.165, 1.54) is 74.7 Å². The van der Waals surface area contributed by atoms with Gasteiger partial charge in [-0.1, -0.05) is 38.7 Å². The molecule has 0 spiro atoms. The largest absolute Gasteiger partial charge is 0.416 e. The van der Waals surface area contributed by atoms with E-state index in [1.54, 1.807) is 30.6 Å². The van der Waals surface area contributed by atoms with Gasteiger partial charge in [0.2, 0.25) is 0 Å². The summed E-state index contributed by atoms with van der Waals surface area (Å²) >= 11 is 1.74. The molecule has 2 N–H and O–H groups in total. The van der Waals surface area contributed by atoms with Crippen molar-refractivity contribution >= 4 is 46.9 Å². The highest BCUT2D eigenvalue weighted by atomic mass is 32.2. The zero-order valence-electron chi connectivity index (χ0n) is 40.8. The second kappa shape index (κ2) is 25.5. The van der Waals surface area contributed by atoms with E-state index in [0.717, 1.165) is 112 Å². The summed E-state index contributed by atoms with van der Waals surface area (Å²) in [7, 11) is 8.16. The van der Waals surface area contributed by atoms with Gasteiger partial charge in [-0.05, 0) is 170 Å². The molecule has 0 bridgehead atoms. The Morgan fingerprint density at radius 3 is 1.66 bits per heavy atom. The van der Waals surface area contributed by atoms with Crippen molar-refractivity contribution < 1.29 is 30.7 Å². The standard InChI is InChI=1S/C18H23F2N5S.C17H21F2N5S.C10H9F3.C6H12/c1-18(24(2)3)6-4-8-25(11-18)13-9-14(19)17(15(20)10-13)26-23-16-5-7-21-12-22-16;1-23(2)12-4-3-7-24(10-12)13-8-14(18)17(15(19)9-13)25-22-16-5-6-20-11-21-16;11-10(12,13)9-5-4-7-2-1-3-8(7)6-9;1-6-4-2-3-5-6/h5,7,9-10,12H,4,6,8,11H2,1-3H3,(H,21,22,23);5-6,8-9,11-12H,3-4,7,10H2,1-2H3,(H,20,21,22);4-6H,1-3H2;6H,2-5H2,1H3. The highest BCUT2D eigenvalue weighted by Gasteiger charge is 2.34. The van der Waals surface area contributed by atoms with Crippen LogP contribution >= 0.6 is 23.9 Å². The summed E-state index contributed by atoms with van der Waals surface area (Å²) in [5, 5.41) is 0. The van der Waals surface area contributed by atoms with Gasteiger partial charge in [-0.3, -0.25) is 0 Å². The molecular weight excluding hydrogens is 950 g/mol. The third-order valence-electron chi connectivity index (χ3n) is 13.3. The number of aryl methyl sites for hydroxylation is 2. The summed E-state index contributed by atoms with van der Waals surface area (Å²) < 4.78 is 100. The smallest absolute Gasteiger partial charge is 0.370 e.